The maximum atomic E-state index is 6.03. The summed E-state index contributed by atoms with van der Waals surface area (Å²) in [6, 6.07) is 0. The molecule has 0 saturated heterocycles. The summed E-state index contributed by atoms with van der Waals surface area (Å²) in [6.07, 6.45) is 9.35. The average Bonchev–Trinajstić information content (AvgIpc) is 2.15. The third-order valence-electron chi connectivity index (χ3n) is 3.73. The molecular formula is C13H25B. The van der Waals surface area contributed by atoms with E-state index in [1.54, 1.807) is 0 Å². The predicted octanol–water partition coefficient (Wildman–Crippen LogP) is 4.35. The smallest absolute Gasteiger partial charge is 0.0699 e. The Morgan fingerprint density at radius 3 is 2.00 bits per heavy atom. The summed E-state index contributed by atoms with van der Waals surface area (Å²) in [5.41, 5.74) is 0.494. The molecule has 2 atom stereocenters. The topological polar surface area (TPSA) is 0 Å². The van der Waals surface area contributed by atoms with Crippen molar-refractivity contribution >= 4 is 7.85 Å². The zero-order valence-electron chi connectivity index (χ0n) is 10.2. The van der Waals surface area contributed by atoms with Crippen LogP contribution in [0.1, 0.15) is 65.7 Å². The quantitative estimate of drug-likeness (QED) is 0.500. The lowest BCUT2D eigenvalue weighted by atomic mass is 9.75. The van der Waals surface area contributed by atoms with Crippen LogP contribution in [0.25, 0.3) is 0 Å². The Labute approximate surface area is 91.3 Å². The molecule has 1 rings (SSSR count). The first-order chi connectivity index (χ1) is 6.50. The first-order valence-electron chi connectivity index (χ1n) is 6.26. The Kier molecular flexibility index (Phi) is 4.54. The van der Waals surface area contributed by atoms with Crippen LogP contribution in [0.15, 0.2) is 0 Å². The van der Waals surface area contributed by atoms with Crippen molar-refractivity contribution in [1.29, 1.82) is 0 Å². The van der Waals surface area contributed by atoms with Crippen LogP contribution in [-0.4, -0.2) is 7.85 Å². The van der Waals surface area contributed by atoms with E-state index in [2.05, 4.69) is 20.8 Å². The monoisotopic (exact) mass is 192 g/mol. The van der Waals surface area contributed by atoms with Crippen LogP contribution in [-0.2, 0) is 0 Å². The largest absolute Gasteiger partial charge is 0.0774 e. The highest BCUT2D eigenvalue weighted by molar-refractivity contribution is 6.11. The molecule has 80 valence electrons. The lowest BCUT2D eigenvalue weighted by Gasteiger charge is -2.30. The lowest BCUT2D eigenvalue weighted by Crippen LogP contribution is -2.20. The Balaban J connectivity index is 2.45. The van der Waals surface area contributed by atoms with Crippen molar-refractivity contribution in [1.82, 2.24) is 0 Å². The van der Waals surface area contributed by atoms with E-state index in [1.165, 1.54) is 44.9 Å². The van der Waals surface area contributed by atoms with E-state index in [9.17, 15) is 0 Å². The first kappa shape index (κ1) is 12.1. The molecule has 0 aliphatic heterocycles. The molecule has 0 heterocycles. The Bertz CT molecular complexity index is 157. The fourth-order valence-electron chi connectivity index (χ4n) is 2.58. The van der Waals surface area contributed by atoms with Crippen molar-refractivity contribution in [3.63, 3.8) is 0 Å². The standard InChI is InChI=1S/C13H25B/c1-13(2,3)11-7-4-5-9-12(14)10-6-8-11/h11-12H,4-10H2,1-3H3. The van der Waals surface area contributed by atoms with Gasteiger partial charge in [0.25, 0.3) is 0 Å². The highest BCUT2D eigenvalue weighted by Crippen LogP contribution is 2.36. The van der Waals surface area contributed by atoms with Crippen molar-refractivity contribution in [3.8, 4) is 0 Å². The van der Waals surface area contributed by atoms with E-state index in [-0.39, 0.29) is 0 Å². The molecule has 1 heteroatoms. The molecule has 0 spiro atoms. The summed E-state index contributed by atoms with van der Waals surface area (Å²) < 4.78 is 0. The third-order valence-corrected chi connectivity index (χ3v) is 3.73. The first-order valence-corrected chi connectivity index (χ1v) is 6.26. The van der Waals surface area contributed by atoms with Crippen LogP contribution in [0, 0.1) is 11.3 Å². The van der Waals surface area contributed by atoms with Gasteiger partial charge in [-0.3, -0.25) is 0 Å². The van der Waals surface area contributed by atoms with Crippen molar-refractivity contribution in [3.05, 3.63) is 0 Å². The summed E-state index contributed by atoms with van der Waals surface area (Å²) in [6.45, 7) is 7.15. The SMILES string of the molecule is [B]C1CCCCC(C(C)(C)C)CCC1. The highest BCUT2D eigenvalue weighted by Gasteiger charge is 2.24. The molecule has 14 heavy (non-hydrogen) atoms. The Hall–Kier alpha value is 0.0649. The van der Waals surface area contributed by atoms with Gasteiger partial charge in [0, 0.05) is 0 Å². The zero-order valence-corrected chi connectivity index (χ0v) is 10.2. The fraction of sp³-hybridized carbons (Fsp3) is 1.00. The molecule has 0 amide bonds. The maximum absolute atomic E-state index is 6.03. The molecule has 0 aromatic carbocycles. The minimum Gasteiger partial charge on any atom is -0.0774 e. The van der Waals surface area contributed by atoms with Crippen LogP contribution in [0.4, 0.5) is 0 Å². The Morgan fingerprint density at radius 2 is 1.36 bits per heavy atom. The van der Waals surface area contributed by atoms with E-state index >= 15 is 0 Å². The molecule has 0 aromatic heterocycles. The van der Waals surface area contributed by atoms with Gasteiger partial charge in [0.1, 0.15) is 0 Å². The van der Waals surface area contributed by atoms with Gasteiger partial charge < -0.3 is 0 Å². The van der Waals surface area contributed by atoms with Crippen LogP contribution in [0.3, 0.4) is 0 Å². The molecule has 0 aromatic rings. The maximum Gasteiger partial charge on any atom is 0.0699 e. The van der Waals surface area contributed by atoms with E-state index < -0.39 is 0 Å². The molecule has 1 fully saturated rings. The van der Waals surface area contributed by atoms with Crippen molar-refractivity contribution < 1.29 is 0 Å². The van der Waals surface area contributed by atoms with Crippen LogP contribution in [0.5, 0.6) is 0 Å². The number of hydrogen-bond donors (Lipinski definition) is 0. The second-order valence-corrected chi connectivity index (χ2v) is 6.04. The van der Waals surface area contributed by atoms with Gasteiger partial charge in [0.15, 0.2) is 0 Å². The molecule has 1 saturated carbocycles. The molecule has 0 N–H and O–H groups in total. The summed E-state index contributed by atoms with van der Waals surface area (Å²) in [5.74, 6) is 1.39. The van der Waals surface area contributed by atoms with Crippen LogP contribution >= 0.6 is 0 Å². The third kappa shape index (κ3) is 4.06. The minimum absolute atomic E-state index is 0.480. The molecular weight excluding hydrogens is 167 g/mol. The normalized spacial score (nSPS) is 31.6. The second kappa shape index (κ2) is 5.23. The molecule has 1 aliphatic carbocycles. The van der Waals surface area contributed by atoms with Gasteiger partial charge >= 0.3 is 0 Å². The zero-order chi connectivity index (χ0) is 10.6. The predicted molar refractivity (Wildman–Crippen MR) is 64.8 cm³/mol. The lowest BCUT2D eigenvalue weighted by molar-refractivity contribution is 0.205. The summed E-state index contributed by atoms with van der Waals surface area (Å²) in [7, 11) is 6.03. The van der Waals surface area contributed by atoms with Gasteiger partial charge in [-0.15, -0.1) is 0 Å². The Morgan fingerprint density at radius 1 is 0.857 bits per heavy atom. The van der Waals surface area contributed by atoms with Crippen LogP contribution in [0.2, 0.25) is 5.82 Å². The van der Waals surface area contributed by atoms with Crippen molar-refractivity contribution in [2.75, 3.05) is 0 Å². The fourth-order valence-corrected chi connectivity index (χ4v) is 2.58. The van der Waals surface area contributed by atoms with Gasteiger partial charge in [-0.1, -0.05) is 58.7 Å². The van der Waals surface area contributed by atoms with E-state index in [1.807, 2.05) is 0 Å². The van der Waals surface area contributed by atoms with Gasteiger partial charge in [0.2, 0.25) is 0 Å². The van der Waals surface area contributed by atoms with Gasteiger partial charge in [-0.05, 0) is 24.2 Å². The molecule has 2 radical (unpaired) electrons. The van der Waals surface area contributed by atoms with E-state index in [0.717, 1.165) is 5.92 Å². The van der Waals surface area contributed by atoms with Gasteiger partial charge in [-0.25, -0.2) is 0 Å². The number of rotatable bonds is 0. The summed E-state index contributed by atoms with van der Waals surface area (Å²) >= 11 is 0. The second-order valence-electron chi connectivity index (χ2n) is 6.04. The van der Waals surface area contributed by atoms with E-state index in [0.29, 0.717) is 11.2 Å². The molecule has 0 nitrogen and oxygen atoms in total. The summed E-state index contributed by atoms with van der Waals surface area (Å²) in [5, 5.41) is 0. The molecule has 0 bridgehead atoms. The minimum atomic E-state index is 0.480. The highest BCUT2D eigenvalue weighted by atomic mass is 14.3. The molecule has 2 unspecified atom stereocenters. The van der Waals surface area contributed by atoms with Gasteiger partial charge in [0.05, 0.1) is 7.85 Å². The van der Waals surface area contributed by atoms with Gasteiger partial charge in [-0.2, -0.15) is 0 Å². The summed E-state index contributed by atoms with van der Waals surface area (Å²) in [4.78, 5) is 0. The molecule has 1 aliphatic rings. The average molecular weight is 192 g/mol. The number of hydrogen-bond acceptors (Lipinski definition) is 0. The van der Waals surface area contributed by atoms with Crippen LogP contribution < -0.4 is 0 Å². The van der Waals surface area contributed by atoms with Crippen molar-refractivity contribution in [2.45, 2.75) is 71.5 Å². The van der Waals surface area contributed by atoms with E-state index in [4.69, 9.17) is 7.85 Å². The van der Waals surface area contributed by atoms with Crippen molar-refractivity contribution in [2.24, 2.45) is 11.3 Å².